The molecular weight excluding hydrogens is 348 g/mol. The molecule has 1 fully saturated rings. The summed E-state index contributed by atoms with van der Waals surface area (Å²) in [6.45, 7) is 1.21. The fourth-order valence-corrected chi connectivity index (χ4v) is 3.68. The van der Waals surface area contributed by atoms with Gasteiger partial charge in [-0.05, 0) is 42.0 Å². The number of rotatable bonds is 4. The Labute approximate surface area is 154 Å². The molecule has 0 aliphatic carbocycles. The van der Waals surface area contributed by atoms with Crippen LogP contribution in [0.2, 0.25) is 0 Å². The smallest absolute Gasteiger partial charge is 0.324 e. The van der Waals surface area contributed by atoms with Gasteiger partial charge in [0.05, 0.1) is 5.41 Å². The molecule has 0 aromatic heterocycles. The van der Waals surface area contributed by atoms with Crippen LogP contribution in [0.25, 0.3) is 17.2 Å². The summed E-state index contributed by atoms with van der Waals surface area (Å²) in [7, 11) is -3.81. The van der Waals surface area contributed by atoms with Crippen LogP contribution < -0.4 is 4.72 Å². The molecule has 0 saturated carbocycles. The van der Waals surface area contributed by atoms with Gasteiger partial charge in [-0.15, -0.1) is 0 Å². The van der Waals surface area contributed by atoms with Crippen LogP contribution in [0.1, 0.15) is 24.8 Å². The van der Waals surface area contributed by atoms with E-state index in [0.717, 1.165) is 41.4 Å². The second kappa shape index (κ2) is 8.19. The van der Waals surface area contributed by atoms with Gasteiger partial charge in [-0.3, -0.25) is 0 Å². The molecule has 1 aliphatic rings. The maximum atomic E-state index is 12.1. The summed E-state index contributed by atoms with van der Waals surface area (Å²) in [4.78, 5) is 13.6. The van der Waals surface area contributed by atoms with Crippen LogP contribution >= 0.6 is 0 Å². The van der Waals surface area contributed by atoms with Gasteiger partial charge >= 0.3 is 6.03 Å². The second-order valence-corrected chi connectivity index (χ2v) is 7.86. The van der Waals surface area contributed by atoms with Gasteiger partial charge in [-0.2, -0.15) is 0 Å². The zero-order chi connectivity index (χ0) is 18.4. The van der Waals surface area contributed by atoms with Crippen LogP contribution in [-0.4, -0.2) is 32.4 Å². The van der Waals surface area contributed by atoms with Gasteiger partial charge in [0.1, 0.15) is 0 Å². The van der Waals surface area contributed by atoms with Crippen molar-refractivity contribution in [2.75, 3.05) is 13.1 Å². The van der Waals surface area contributed by atoms with Gasteiger partial charge in [0, 0.05) is 13.1 Å². The highest BCUT2D eigenvalue weighted by atomic mass is 32.2. The Kier molecular flexibility index (Phi) is 5.73. The summed E-state index contributed by atoms with van der Waals surface area (Å²) in [6, 6.07) is 17.0. The third-order valence-corrected chi connectivity index (χ3v) is 5.28. The number of amides is 2. The highest BCUT2D eigenvalue weighted by Gasteiger charge is 2.20. The monoisotopic (exact) mass is 370 g/mol. The minimum absolute atomic E-state index is 0.547. The van der Waals surface area contributed by atoms with Gasteiger partial charge in [-0.25, -0.2) is 17.9 Å². The number of nitrogens with zero attached hydrogens (tertiary/aromatic N) is 1. The summed E-state index contributed by atoms with van der Waals surface area (Å²) in [5.41, 5.74) is 2.91. The van der Waals surface area contributed by atoms with Crippen molar-refractivity contribution in [2.24, 2.45) is 0 Å². The number of carbonyl (C=O) groups excluding carboxylic acids is 1. The van der Waals surface area contributed by atoms with Gasteiger partial charge in [0.15, 0.2) is 0 Å². The number of sulfonamides is 1. The molecule has 1 heterocycles. The summed E-state index contributed by atoms with van der Waals surface area (Å²) in [5.74, 6) is 0. The zero-order valence-electron chi connectivity index (χ0n) is 14.5. The molecular formula is C20H22N2O3S. The van der Waals surface area contributed by atoms with Crippen LogP contribution in [0.4, 0.5) is 4.79 Å². The van der Waals surface area contributed by atoms with Gasteiger partial charge in [-0.1, -0.05) is 54.6 Å². The van der Waals surface area contributed by atoms with Crippen molar-refractivity contribution >= 4 is 22.1 Å². The lowest BCUT2D eigenvalue weighted by atomic mass is 10.0. The molecule has 3 rings (SSSR count). The van der Waals surface area contributed by atoms with E-state index in [-0.39, 0.29) is 0 Å². The minimum atomic E-state index is -3.81. The first-order valence-electron chi connectivity index (χ1n) is 8.69. The van der Waals surface area contributed by atoms with Gasteiger partial charge < -0.3 is 4.90 Å². The average molecular weight is 370 g/mol. The quantitative estimate of drug-likeness (QED) is 0.889. The first-order chi connectivity index (χ1) is 12.5. The predicted octanol–water partition coefficient (Wildman–Crippen LogP) is 3.85. The van der Waals surface area contributed by atoms with E-state index in [1.165, 1.54) is 6.08 Å². The Hall–Kier alpha value is -2.60. The summed E-state index contributed by atoms with van der Waals surface area (Å²) < 4.78 is 26.3. The van der Waals surface area contributed by atoms with Crippen molar-refractivity contribution in [1.29, 1.82) is 0 Å². The third-order valence-electron chi connectivity index (χ3n) is 4.33. The Bertz CT molecular complexity index is 869. The minimum Gasteiger partial charge on any atom is -0.324 e. The molecule has 2 amide bonds. The Morgan fingerprint density at radius 2 is 1.50 bits per heavy atom. The van der Waals surface area contributed by atoms with Crippen molar-refractivity contribution in [2.45, 2.75) is 19.3 Å². The van der Waals surface area contributed by atoms with Crippen LogP contribution in [0, 0.1) is 0 Å². The molecule has 0 bridgehead atoms. The zero-order valence-corrected chi connectivity index (χ0v) is 15.3. The number of hydrogen-bond donors (Lipinski definition) is 1. The molecule has 1 aliphatic heterocycles. The van der Waals surface area contributed by atoms with Crippen LogP contribution in [0.15, 0.2) is 60.0 Å². The van der Waals surface area contributed by atoms with E-state index in [1.807, 2.05) is 54.6 Å². The Morgan fingerprint density at radius 1 is 0.885 bits per heavy atom. The van der Waals surface area contributed by atoms with E-state index in [4.69, 9.17) is 0 Å². The lowest BCUT2D eigenvalue weighted by Gasteiger charge is -2.26. The Morgan fingerprint density at radius 3 is 2.15 bits per heavy atom. The molecule has 1 saturated heterocycles. The summed E-state index contributed by atoms with van der Waals surface area (Å²) in [5, 5.41) is 1.03. The van der Waals surface area contributed by atoms with Gasteiger partial charge in [0.25, 0.3) is 10.0 Å². The molecule has 0 spiro atoms. The first-order valence-corrected chi connectivity index (χ1v) is 10.2. The van der Waals surface area contributed by atoms with E-state index < -0.39 is 16.1 Å². The van der Waals surface area contributed by atoms with E-state index in [0.29, 0.717) is 13.1 Å². The number of nitrogens with one attached hydrogen (secondary N) is 1. The molecule has 1 N–H and O–H groups in total. The average Bonchev–Trinajstić information content (AvgIpc) is 2.68. The molecule has 136 valence electrons. The molecule has 2 aromatic carbocycles. The highest BCUT2D eigenvalue weighted by Crippen LogP contribution is 2.19. The van der Waals surface area contributed by atoms with Crippen molar-refractivity contribution in [3.05, 3.63) is 65.6 Å². The highest BCUT2D eigenvalue weighted by molar-refractivity contribution is 7.93. The lowest BCUT2D eigenvalue weighted by molar-refractivity contribution is 0.192. The van der Waals surface area contributed by atoms with E-state index >= 15 is 0 Å². The largest absolute Gasteiger partial charge is 0.331 e. The number of urea groups is 1. The number of benzene rings is 2. The number of carbonyl (C=O) groups is 1. The van der Waals surface area contributed by atoms with E-state index in [9.17, 15) is 13.2 Å². The molecule has 2 aromatic rings. The van der Waals surface area contributed by atoms with E-state index in [2.05, 4.69) is 4.72 Å². The van der Waals surface area contributed by atoms with Crippen LogP contribution in [0.3, 0.4) is 0 Å². The summed E-state index contributed by atoms with van der Waals surface area (Å²) >= 11 is 0. The fraction of sp³-hybridized carbons (Fsp3) is 0.250. The number of piperidine rings is 1. The van der Waals surface area contributed by atoms with Crippen molar-refractivity contribution < 1.29 is 13.2 Å². The normalized spacial score (nSPS) is 15.2. The molecule has 0 atom stereocenters. The van der Waals surface area contributed by atoms with Crippen molar-refractivity contribution in [3.8, 4) is 11.1 Å². The maximum absolute atomic E-state index is 12.1. The third kappa shape index (κ3) is 4.95. The fourth-order valence-electron chi connectivity index (χ4n) is 2.90. The maximum Gasteiger partial charge on any atom is 0.331 e. The second-order valence-electron chi connectivity index (χ2n) is 6.29. The molecule has 0 unspecified atom stereocenters. The predicted molar refractivity (Wildman–Crippen MR) is 104 cm³/mol. The molecule has 0 radical (unpaired) electrons. The summed E-state index contributed by atoms with van der Waals surface area (Å²) in [6.07, 6.45) is 4.39. The first kappa shape index (κ1) is 18.2. The van der Waals surface area contributed by atoms with Crippen LogP contribution in [0.5, 0.6) is 0 Å². The number of hydrogen-bond acceptors (Lipinski definition) is 3. The number of likely N-dealkylation sites (tertiary alicyclic amines) is 1. The van der Waals surface area contributed by atoms with Crippen molar-refractivity contribution in [1.82, 2.24) is 9.62 Å². The Balaban J connectivity index is 1.63. The van der Waals surface area contributed by atoms with Gasteiger partial charge in [0.2, 0.25) is 0 Å². The standard InChI is InChI=1S/C20H22N2O3S/c23-20(22-14-5-2-6-15-22)21-26(24,25)16-13-17-9-11-19(12-10-17)18-7-3-1-4-8-18/h1,3-4,7-13,16H,2,5-6,14-15H2,(H,21,23). The lowest BCUT2D eigenvalue weighted by Crippen LogP contribution is -2.44. The van der Waals surface area contributed by atoms with Crippen LogP contribution in [-0.2, 0) is 10.0 Å². The molecule has 6 heteroatoms. The molecule has 5 nitrogen and oxygen atoms in total. The van der Waals surface area contributed by atoms with E-state index in [1.54, 1.807) is 4.90 Å². The SMILES string of the molecule is O=C(NS(=O)(=O)C=Cc1ccc(-c2ccccc2)cc1)N1CCCCC1. The topological polar surface area (TPSA) is 66.5 Å². The molecule has 26 heavy (non-hydrogen) atoms. The van der Waals surface area contributed by atoms with Crippen molar-refractivity contribution in [3.63, 3.8) is 0 Å².